The lowest BCUT2D eigenvalue weighted by Crippen LogP contribution is -2.22. The van der Waals surface area contributed by atoms with Gasteiger partial charge in [-0.15, -0.1) is 11.3 Å². The first-order valence-corrected chi connectivity index (χ1v) is 8.42. The summed E-state index contributed by atoms with van der Waals surface area (Å²) in [5.74, 6) is 0. The van der Waals surface area contributed by atoms with Crippen molar-refractivity contribution in [1.29, 1.82) is 0 Å². The molecule has 1 heterocycles. The second-order valence-corrected chi connectivity index (χ2v) is 6.61. The van der Waals surface area contributed by atoms with Crippen molar-refractivity contribution in [2.45, 2.75) is 19.4 Å². The van der Waals surface area contributed by atoms with Crippen LogP contribution in [0.15, 0.2) is 54.6 Å². The van der Waals surface area contributed by atoms with Gasteiger partial charge >= 0.3 is 0 Å². The average Bonchev–Trinajstić information content (AvgIpc) is 2.93. The van der Waals surface area contributed by atoms with Crippen LogP contribution in [0, 0.1) is 0 Å². The third kappa shape index (κ3) is 3.29. The molecule has 0 fully saturated rings. The fourth-order valence-corrected chi connectivity index (χ4v) is 3.93. The summed E-state index contributed by atoms with van der Waals surface area (Å²) in [7, 11) is 0. The SMILES string of the molecule is CCNC(Cc1ccccc1Cl)c1cc2ccccc2s1. The van der Waals surface area contributed by atoms with Gasteiger partial charge in [-0.2, -0.15) is 0 Å². The summed E-state index contributed by atoms with van der Waals surface area (Å²) >= 11 is 8.18. The monoisotopic (exact) mass is 315 g/mol. The van der Waals surface area contributed by atoms with Crippen LogP contribution in [0.5, 0.6) is 0 Å². The van der Waals surface area contributed by atoms with Crippen molar-refractivity contribution in [3.8, 4) is 0 Å². The quantitative estimate of drug-likeness (QED) is 0.660. The number of halogens is 1. The molecule has 1 aromatic heterocycles. The summed E-state index contributed by atoms with van der Waals surface area (Å²) in [6.45, 7) is 3.09. The molecule has 21 heavy (non-hydrogen) atoms. The zero-order chi connectivity index (χ0) is 14.7. The number of nitrogens with one attached hydrogen (secondary N) is 1. The minimum Gasteiger partial charge on any atom is -0.309 e. The van der Waals surface area contributed by atoms with Crippen molar-refractivity contribution in [3.63, 3.8) is 0 Å². The first kappa shape index (κ1) is 14.6. The van der Waals surface area contributed by atoms with Crippen LogP contribution < -0.4 is 5.32 Å². The number of likely N-dealkylation sites (N-methyl/N-ethyl adjacent to an activating group) is 1. The van der Waals surface area contributed by atoms with E-state index in [4.69, 9.17) is 11.6 Å². The van der Waals surface area contributed by atoms with Crippen LogP contribution >= 0.6 is 22.9 Å². The second-order valence-electron chi connectivity index (χ2n) is 5.09. The maximum absolute atomic E-state index is 6.31. The van der Waals surface area contributed by atoms with Gasteiger partial charge in [0, 0.05) is 20.6 Å². The number of benzene rings is 2. The van der Waals surface area contributed by atoms with Gasteiger partial charge < -0.3 is 5.32 Å². The molecular formula is C18H18ClNS. The highest BCUT2D eigenvalue weighted by atomic mass is 35.5. The molecule has 3 rings (SSSR count). The van der Waals surface area contributed by atoms with Gasteiger partial charge in [-0.05, 0) is 42.1 Å². The van der Waals surface area contributed by atoms with Gasteiger partial charge in [-0.3, -0.25) is 0 Å². The molecule has 0 spiro atoms. The van der Waals surface area contributed by atoms with Crippen molar-refractivity contribution in [2.75, 3.05) is 6.54 Å². The Kier molecular flexibility index (Phi) is 4.59. The van der Waals surface area contributed by atoms with E-state index in [2.05, 4.69) is 54.7 Å². The van der Waals surface area contributed by atoms with E-state index in [1.807, 2.05) is 23.5 Å². The van der Waals surface area contributed by atoms with Gasteiger partial charge in [-0.25, -0.2) is 0 Å². The Morgan fingerprint density at radius 3 is 2.62 bits per heavy atom. The first-order chi connectivity index (χ1) is 10.3. The van der Waals surface area contributed by atoms with E-state index < -0.39 is 0 Å². The average molecular weight is 316 g/mol. The molecule has 1 N–H and O–H groups in total. The molecule has 1 unspecified atom stereocenters. The van der Waals surface area contributed by atoms with Gasteiger partial charge in [0.05, 0.1) is 0 Å². The Balaban J connectivity index is 1.92. The van der Waals surface area contributed by atoms with Gasteiger partial charge in [0.2, 0.25) is 0 Å². The minimum atomic E-state index is 0.312. The number of hydrogen-bond donors (Lipinski definition) is 1. The Hall–Kier alpha value is -1.35. The molecule has 0 aliphatic rings. The molecule has 0 amide bonds. The molecule has 0 aliphatic heterocycles. The van der Waals surface area contributed by atoms with Gasteiger partial charge in [0.1, 0.15) is 0 Å². The van der Waals surface area contributed by atoms with E-state index in [-0.39, 0.29) is 0 Å². The highest BCUT2D eigenvalue weighted by molar-refractivity contribution is 7.19. The Morgan fingerprint density at radius 1 is 1.10 bits per heavy atom. The van der Waals surface area contributed by atoms with Crippen LogP contribution in [0.25, 0.3) is 10.1 Å². The predicted octanol–water partition coefficient (Wildman–Crippen LogP) is 5.45. The maximum Gasteiger partial charge on any atom is 0.0456 e. The Morgan fingerprint density at radius 2 is 1.86 bits per heavy atom. The zero-order valence-corrected chi connectivity index (χ0v) is 13.5. The Bertz CT molecular complexity index is 702. The molecule has 2 aromatic carbocycles. The molecule has 108 valence electrons. The first-order valence-electron chi connectivity index (χ1n) is 7.23. The van der Waals surface area contributed by atoms with Crippen molar-refractivity contribution in [1.82, 2.24) is 5.32 Å². The van der Waals surface area contributed by atoms with Crippen LogP contribution in [0.4, 0.5) is 0 Å². The maximum atomic E-state index is 6.31. The lowest BCUT2D eigenvalue weighted by atomic mass is 10.0. The standard InChI is InChI=1S/C18H18ClNS/c1-2-20-16(11-13-7-3-5-9-15(13)19)18-12-14-8-4-6-10-17(14)21-18/h3-10,12,16,20H,2,11H2,1H3. The van der Waals surface area contributed by atoms with Crippen LogP contribution in [-0.2, 0) is 6.42 Å². The van der Waals surface area contributed by atoms with E-state index in [0.717, 1.165) is 18.0 Å². The minimum absolute atomic E-state index is 0.312. The van der Waals surface area contributed by atoms with Crippen LogP contribution in [0.1, 0.15) is 23.4 Å². The van der Waals surface area contributed by atoms with Gasteiger partial charge in [0.15, 0.2) is 0 Å². The number of rotatable bonds is 5. The summed E-state index contributed by atoms with van der Waals surface area (Å²) in [6, 6.07) is 19.3. The highest BCUT2D eigenvalue weighted by Crippen LogP contribution is 2.32. The summed E-state index contributed by atoms with van der Waals surface area (Å²) < 4.78 is 1.34. The number of fused-ring (bicyclic) bond motifs is 1. The third-order valence-corrected chi connectivity index (χ3v) is 5.22. The lowest BCUT2D eigenvalue weighted by molar-refractivity contribution is 0.558. The topological polar surface area (TPSA) is 12.0 Å². The normalized spacial score (nSPS) is 12.7. The third-order valence-electron chi connectivity index (χ3n) is 3.62. The molecule has 0 saturated carbocycles. The highest BCUT2D eigenvalue weighted by Gasteiger charge is 2.15. The molecule has 0 saturated heterocycles. The second kappa shape index (κ2) is 6.61. The van der Waals surface area contributed by atoms with Gasteiger partial charge in [-0.1, -0.05) is 54.9 Å². The Labute approximate surface area is 134 Å². The lowest BCUT2D eigenvalue weighted by Gasteiger charge is -2.17. The molecule has 1 atom stereocenters. The fourth-order valence-electron chi connectivity index (χ4n) is 2.58. The zero-order valence-electron chi connectivity index (χ0n) is 12.0. The largest absolute Gasteiger partial charge is 0.309 e. The molecule has 1 nitrogen and oxygen atoms in total. The molecule has 0 bridgehead atoms. The van der Waals surface area contributed by atoms with Crippen molar-refractivity contribution in [3.05, 3.63) is 70.1 Å². The van der Waals surface area contributed by atoms with E-state index in [0.29, 0.717) is 6.04 Å². The molecule has 0 radical (unpaired) electrons. The summed E-state index contributed by atoms with van der Waals surface area (Å²) in [4.78, 5) is 1.37. The molecular weight excluding hydrogens is 298 g/mol. The fraction of sp³-hybridized carbons (Fsp3) is 0.222. The summed E-state index contributed by atoms with van der Waals surface area (Å²) in [6.07, 6.45) is 0.917. The van der Waals surface area contributed by atoms with Crippen molar-refractivity contribution >= 4 is 33.0 Å². The number of thiophene rings is 1. The van der Waals surface area contributed by atoms with Crippen LogP contribution in [0.2, 0.25) is 5.02 Å². The van der Waals surface area contributed by atoms with Crippen LogP contribution in [0.3, 0.4) is 0 Å². The van der Waals surface area contributed by atoms with E-state index >= 15 is 0 Å². The number of hydrogen-bond acceptors (Lipinski definition) is 2. The molecule has 0 aliphatic carbocycles. The summed E-state index contributed by atoms with van der Waals surface area (Å²) in [5, 5.41) is 5.76. The van der Waals surface area contributed by atoms with E-state index in [1.165, 1.54) is 20.5 Å². The molecule has 3 heteroatoms. The summed E-state index contributed by atoms with van der Waals surface area (Å²) in [5.41, 5.74) is 1.20. The van der Waals surface area contributed by atoms with E-state index in [1.54, 1.807) is 0 Å². The van der Waals surface area contributed by atoms with Crippen molar-refractivity contribution < 1.29 is 0 Å². The smallest absolute Gasteiger partial charge is 0.0456 e. The van der Waals surface area contributed by atoms with Gasteiger partial charge in [0.25, 0.3) is 0 Å². The predicted molar refractivity (Wildman–Crippen MR) is 93.4 cm³/mol. The van der Waals surface area contributed by atoms with Crippen LogP contribution in [-0.4, -0.2) is 6.54 Å². The van der Waals surface area contributed by atoms with E-state index in [9.17, 15) is 0 Å². The molecule has 3 aromatic rings. The van der Waals surface area contributed by atoms with Crippen molar-refractivity contribution in [2.24, 2.45) is 0 Å².